The standard InChI is InChI=1S/C20H22N2O3/c1-15-13-17(20(23)24-2)5-8-19(15)21-14-16-3-6-18(7-4-16)22-9-11-25-12-10-22/h3-8,13-14H,9-12H2,1-2H3. The zero-order valence-electron chi connectivity index (χ0n) is 14.6. The number of rotatable bonds is 4. The van der Waals surface area contributed by atoms with E-state index >= 15 is 0 Å². The highest BCUT2D eigenvalue weighted by atomic mass is 16.5. The van der Waals surface area contributed by atoms with Crippen LogP contribution in [0.1, 0.15) is 21.5 Å². The first-order chi connectivity index (χ1) is 12.2. The van der Waals surface area contributed by atoms with Gasteiger partial charge in [-0.15, -0.1) is 0 Å². The maximum Gasteiger partial charge on any atom is 0.337 e. The van der Waals surface area contributed by atoms with Crippen LogP contribution >= 0.6 is 0 Å². The average molecular weight is 338 g/mol. The maximum absolute atomic E-state index is 11.5. The minimum absolute atomic E-state index is 0.336. The van der Waals surface area contributed by atoms with Gasteiger partial charge in [-0.05, 0) is 48.4 Å². The second kappa shape index (κ2) is 7.94. The van der Waals surface area contributed by atoms with Crippen molar-refractivity contribution in [1.82, 2.24) is 0 Å². The van der Waals surface area contributed by atoms with Gasteiger partial charge in [-0.3, -0.25) is 4.99 Å². The molecule has 0 N–H and O–H groups in total. The fourth-order valence-corrected chi connectivity index (χ4v) is 2.78. The third-order valence-corrected chi connectivity index (χ3v) is 4.24. The molecule has 0 spiro atoms. The van der Waals surface area contributed by atoms with E-state index in [4.69, 9.17) is 9.47 Å². The number of hydrogen-bond acceptors (Lipinski definition) is 5. The number of benzene rings is 2. The lowest BCUT2D eigenvalue weighted by Gasteiger charge is -2.28. The van der Waals surface area contributed by atoms with E-state index in [1.165, 1.54) is 12.8 Å². The summed E-state index contributed by atoms with van der Waals surface area (Å²) in [5.41, 5.74) is 4.55. The third kappa shape index (κ3) is 4.25. The molecular weight excluding hydrogens is 316 g/mol. The zero-order valence-corrected chi connectivity index (χ0v) is 14.6. The molecular formula is C20H22N2O3. The van der Waals surface area contributed by atoms with Gasteiger partial charge in [0, 0.05) is 25.0 Å². The summed E-state index contributed by atoms with van der Waals surface area (Å²) in [6.07, 6.45) is 1.84. The van der Waals surface area contributed by atoms with Gasteiger partial charge in [0.2, 0.25) is 0 Å². The van der Waals surface area contributed by atoms with Crippen molar-refractivity contribution in [1.29, 1.82) is 0 Å². The minimum atomic E-state index is -0.336. The Morgan fingerprint density at radius 1 is 1.16 bits per heavy atom. The van der Waals surface area contributed by atoms with Crippen LogP contribution < -0.4 is 4.90 Å². The Morgan fingerprint density at radius 3 is 2.52 bits per heavy atom. The molecule has 5 heteroatoms. The molecule has 2 aromatic rings. The van der Waals surface area contributed by atoms with E-state index in [1.54, 1.807) is 12.1 Å². The average Bonchev–Trinajstić information content (AvgIpc) is 2.67. The Labute approximate surface area is 147 Å². The third-order valence-electron chi connectivity index (χ3n) is 4.24. The number of nitrogens with zero attached hydrogens (tertiary/aromatic N) is 2. The molecule has 0 aromatic heterocycles. The van der Waals surface area contributed by atoms with Gasteiger partial charge in [-0.2, -0.15) is 0 Å². The lowest BCUT2D eigenvalue weighted by atomic mass is 10.1. The largest absolute Gasteiger partial charge is 0.465 e. The van der Waals surface area contributed by atoms with Crippen LogP contribution in [0.3, 0.4) is 0 Å². The highest BCUT2D eigenvalue weighted by Crippen LogP contribution is 2.21. The van der Waals surface area contributed by atoms with Crippen molar-refractivity contribution >= 4 is 23.6 Å². The summed E-state index contributed by atoms with van der Waals surface area (Å²) in [5, 5.41) is 0. The van der Waals surface area contributed by atoms with Gasteiger partial charge < -0.3 is 14.4 Å². The Kier molecular flexibility index (Phi) is 5.46. The molecule has 1 fully saturated rings. The van der Waals surface area contributed by atoms with Gasteiger partial charge in [-0.25, -0.2) is 4.79 Å². The van der Waals surface area contributed by atoms with Crippen LogP contribution in [-0.2, 0) is 9.47 Å². The molecule has 0 amide bonds. The molecule has 0 atom stereocenters. The molecule has 0 unspecified atom stereocenters. The van der Waals surface area contributed by atoms with E-state index in [1.807, 2.05) is 19.2 Å². The van der Waals surface area contributed by atoms with Crippen LogP contribution in [0.2, 0.25) is 0 Å². The SMILES string of the molecule is COC(=O)c1ccc(N=Cc2ccc(N3CCOCC3)cc2)c(C)c1. The minimum Gasteiger partial charge on any atom is -0.465 e. The zero-order chi connectivity index (χ0) is 17.6. The van der Waals surface area contributed by atoms with Gasteiger partial charge in [0.25, 0.3) is 0 Å². The molecule has 0 radical (unpaired) electrons. The molecule has 0 bridgehead atoms. The quantitative estimate of drug-likeness (QED) is 0.633. The number of morpholine rings is 1. The fraction of sp³-hybridized carbons (Fsp3) is 0.300. The normalized spacial score (nSPS) is 14.7. The van der Waals surface area contributed by atoms with Crippen LogP contribution in [0.25, 0.3) is 0 Å². The van der Waals surface area contributed by atoms with Crippen molar-refractivity contribution in [3.63, 3.8) is 0 Å². The van der Waals surface area contributed by atoms with E-state index in [9.17, 15) is 4.79 Å². The van der Waals surface area contributed by atoms with E-state index in [0.29, 0.717) is 5.56 Å². The first-order valence-corrected chi connectivity index (χ1v) is 8.33. The maximum atomic E-state index is 11.5. The van der Waals surface area contributed by atoms with E-state index in [-0.39, 0.29) is 5.97 Å². The molecule has 1 aliphatic rings. The molecule has 2 aromatic carbocycles. The molecule has 25 heavy (non-hydrogen) atoms. The summed E-state index contributed by atoms with van der Waals surface area (Å²) in [7, 11) is 1.38. The van der Waals surface area contributed by atoms with Crippen molar-refractivity contribution in [2.45, 2.75) is 6.92 Å². The Hall–Kier alpha value is -2.66. The smallest absolute Gasteiger partial charge is 0.337 e. The summed E-state index contributed by atoms with van der Waals surface area (Å²) < 4.78 is 10.1. The van der Waals surface area contributed by atoms with Gasteiger partial charge in [0.1, 0.15) is 0 Å². The van der Waals surface area contributed by atoms with Crippen molar-refractivity contribution in [3.8, 4) is 0 Å². The van der Waals surface area contributed by atoms with Gasteiger partial charge >= 0.3 is 5.97 Å². The van der Waals surface area contributed by atoms with E-state index < -0.39 is 0 Å². The van der Waals surface area contributed by atoms with Crippen LogP contribution in [0.15, 0.2) is 47.5 Å². The summed E-state index contributed by atoms with van der Waals surface area (Å²) in [5.74, 6) is -0.336. The Bertz CT molecular complexity index is 763. The highest BCUT2D eigenvalue weighted by molar-refractivity contribution is 5.90. The summed E-state index contributed by atoms with van der Waals surface area (Å²) in [6, 6.07) is 13.7. The fourth-order valence-electron chi connectivity index (χ4n) is 2.78. The van der Waals surface area contributed by atoms with Crippen LogP contribution in [0.5, 0.6) is 0 Å². The summed E-state index contributed by atoms with van der Waals surface area (Å²) in [4.78, 5) is 18.4. The Morgan fingerprint density at radius 2 is 1.88 bits per heavy atom. The monoisotopic (exact) mass is 338 g/mol. The van der Waals surface area contributed by atoms with Crippen LogP contribution in [-0.4, -0.2) is 45.6 Å². The molecule has 0 saturated carbocycles. The Balaban J connectivity index is 1.70. The predicted molar refractivity (Wildman–Crippen MR) is 99.2 cm³/mol. The molecule has 5 nitrogen and oxygen atoms in total. The number of anilines is 1. The van der Waals surface area contributed by atoms with Crippen molar-refractivity contribution in [2.75, 3.05) is 38.3 Å². The molecule has 3 rings (SSSR count). The summed E-state index contributed by atoms with van der Waals surface area (Å²) >= 11 is 0. The number of esters is 1. The first-order valence-electron chi connectivity index (χ1n) is 8.33. The van der Waals surface area contributed by atoms with Crippen molar-refractivity contribution in [2.24, 2.45) is 4.99 Å². The number of carbonyl (C=O) groups is 1. The van der Waals surface area contributed by atoms with Crippen LogP contribution in [0, 0.1) is 6.92 Å². The van der Waals surface area contributed by atoms with E-state index in [0.717, 1.165) is 43.1 Å². The second-order valence-electron chi connectivity index (χ2n) is 5.94. The summed E-state index contributed by atoms with van der Waals surface area (Å²) in [6.45, 7) is 5.35. The number of aliphatic imine (C=N–C) groups is 1. The molecule has 130 valence electrons. The first kappa shape index (κ1) is 17.2. The second-order valence-corrected chi connectivity index (χ2v) is 5.94. The lowest BCUT2D eigenvalue weighted by Crippen LogP contribution is -2.36. The molecule has 0 aliphatic carbocycles. The molecule has 1 aliphatic heterocycles. The predicted octanol–water partition coefficient (Wildman–Crippen LogP) is 3.37. The number of hydrogen-bond donors (Lipinski definition) is 0. The topological polar surface area (TPSA) is 51.1 Å². The number of methoxy groups -OCH3 is 1. The highest BCUT2D eigenvalue weighted by Gasteiger charge is 2.10. The molecule has 1 saturated heterocycles. The van der Waals surface area contributed by atoms with Gasteiger partial charge in [0.05, 0.1) is 31.6 Å². The number of aryl methyl sites for hydroxylation is 1. The van der Waals surface area contributed by atoms with Crippen LogP contribution in [0.4, 0.5) is 11.4 Å². The van der Waals surface area contributed by atoms with Crippen molar-refractivity contribution < 1.29 is 14.3 Å². The number of ether oxygens (including phenoxy) is 2. The van der Waals surface area contributed by atoms with Gasteiger partial charge in [-0.1, -0.05) is 12.1 Å². The van der Waals surface area contributed by atoms with Crippen molar-refractivity contribution in [3.05, 3.63) is 59.2 Å². The lowest BCUT2D eigenvalue weighted by molar-refractivity contribution is 0.0600. The van der Waals surface area contributed by atoms with Gasteiger partial charge in [0.15, 0.2) is 0 Å². The van der Waals surface area contributed by atoms with E-state index in [2.05, 4.69) is 34.2 Å². The number of carbonyl (C=O) groups excluding carboxylic acids is 1. The molecule has 1 heterocycles.